The lowest BCUT2D eigenvalue weighted by molar-refractivity contribution is -0.156. The van der Waals surface area contributed by atoms with Crippen molar-refractivity contribution in [2.45, 2.75) is 39.3 Å². The number of hydrogen-bond donors (Lipinski definition) is 1. The zero-order valence-corrected chi connectivity index (χ0v) is 15.0. The van der Waals surface area contributed by atoms with Gasteiger partial charge in [-0.05, 0) is 51.5 Å². The maximum atomic E-state index is 12.6. The van der Waals surface area contributed by atoms with Crippen LogP contribution < -0.4 is 10.2 Å². The van der Waals surface area contributed by atoms with Gasteiger partial charge in [-0.1, -0.05) is 0 Å². The van der Waals surface area contributed by atoms with Crippen LogP contribution in [0.2, 0.25) is 0 Å². The van der Waals surface area contributed by atoms with Crippen LogP contribution in [0.4, 0.5) is 5.69 Å². The minimum atomic E-state index is -0.524. The van der Waals surface area contributed by atoms with E-state index in [0.717, 1.165) is 17.8 Å². The molecule has 24 heavy (non-hydrogen) atoms. The van der Waals surface area contributed by atoms with E-state index in [-0.39, 0.29) is 18.0 Å². The fourth-order valence-electron chi connectivity index (χ4n) is 2.80. The van der Waals surface area contributed by atoms with Gasteiger partial charge in [0.1, 0.15) is 11.6 Å². The van der Waals surface area contributed by atoms with Gasteiger partial charge in [-0.2, -0.15) is 0 Å². The van der Waals surface area contributed by atoms with Crippen LogP contribution in [-0.2, 0) is 14.3 Å². The highest BCUT2D eigenvalue weighted by molar-refractivity contribution is 5.90. The zero-order chi connectivity index (χ0) is 17.9. The molecule has 1 heterocycles. The number of ether oxygens (including phenoxy) is 2. The van der Waals surface area contributed by atoms with Crippen LogP contribution in [0.1, 0.15) is 36.7 Å². The lowest BCUT2D eigenvalue weighted by Crippen LogP contribution is -2.56. The third-order valence-corrected chi connectivity index (χ3v) is 3.85. The molecular weight excluding hydrogens is 308 g/mol. The molecule has 0 bridgehead atoms. The third kappa shape index (κ3) is 4.26. The summed E-state index contributed by atoms with van der Waals surface area (Å²) < 4.78 is 10.3. The molecule has 1 aromatic carbocycles. The Morgan fingerprint density at radius 2 is 2.00 bits per heavy atom. The Balaban J connectivity index is 2.27. The van der Waals surface area contributed by atoms with E-state index in [4.69, 9.17) is 9.47 Å². The molecule has 0 amide bonds. The highest BCUT2D eigenvalue weighted by Gasteiger charge is 2.33. The number of esters is 2. The van der Waals surface area contributed by atoms with Crippen LogP contribution >= 0.6 is 0 Å². The molecule has 1 aliphatic heterocycles. The van der Waals surface area contributed by atoms with E-state index in [1.165, 1.54) is 7.11 Å². The molecule has 1 atom stereocenters. The number of anilines is 1. The molecule has 2 rings (SSSR count). The van der Waals surface area contributed by atoms with Gasteiger partial charge in [0.25, 0.3) is 0 Å². The van der Waals surface area contributed by atoms with E-state index in [9.17, 15) is 9.59 Å². The monoisotopic (exact) mass is 334 g/mol. The van der Waals surface area contributed by atoms with Gasteiger partial charge in [-0.3, -0.25) is 0 Å². The minimum Gasteiger partial charge on any atom is -0.465 e. The zero-order valence-electron chi connectivity index (χ0n) is 15.0. The number of piperazine rings is 1. The average molecular weight is 334 g/mol. The van der Waals surface area contributed by atoms with Gasteiger partial charge in [0.05, 0.1) is 12.7 Å². The molecule has 1 aromatic rings. The topological polar surface area (TPSA) is 67.9 Å². The molecule has 0 aromatic heterocycles. The smallest absolute Gasteiger partial charge is 0.337 e. The van der Waals surface area contributed by atoms with E-state index >= 15 is 0 Å². The Kier molecular flexibility index (Phi) is 5.49. The molecule has 0 saturated carbocycles. The summed E-state index contributed by atoms with van der Waals surface area (Å²) in [5.41, 5.74) is 1.83. The van der Waals surface area contributed by atoms with Crippen molar-refractivity contribution in [2.24, 2.45) is 0 Å². The van der Waals surface area contributed by atoms with Gasteiger partial charge in [0.2, 0.25) is 0 Å². The lowest BCUT2D eigenvalue weighted by atomic mass is 10.1. The summed E-state index contributed by atoms with van der Waals surface area (Å²) in [5.74, 6) is -0.611. The lowest BCUT2D eigenvalue weighted by Gasteiger charge is -2.38. The number of nitrogens with one attached hydrogen (secondary N) is 1. The molecule has 1 fully saturated rings. The normalized spacial score (nSPS) is 18.2. The first-order chi connectivity index (χ1) is 11.2. The van der Waals surface area contributed by atoms with Crippen molar-refractivity contribution in [3.05, 3.63) is 29.3 Å². The van der Waals surface area contributed by atoms with Gasteiger partial charge in [-0.25, -0.2) is 9.59 Å². The second kappa shape index (κ2) is 7.21. The van der Waals surface area contributed by atoms with Crippen LogP contribution in [-0.4, -0.2) is 50.3 Å². The minimum absolute atomic E-state index is 0.244. The largest absolute Gasteiger partial charge is 0.465 e. The van der Waals surface area contributed by atoms with Crippen molar-refractivity contribution < 1.29 is 19.1 Å². The number of rotatable bonds is 3. The summed E-state index contributed by atoms with van der Waals surface area (Å²) in [6.07, 6.45) is 0. The molecule has 1 saturated heterocycles. The first-order valence-electron chi connectivity index (χ1n) is 8.12. The van der Waals surface area contributed by atoms with Gasteiger partial charge < -0.3 is 19.7 Å². The van der Waals surface area contributed by atoms with Crippen LogP contribution in [0, 0.1) is 6.92 Å². The van der Waals surface area contributed by atoms with Crippen LogP contribution in [0.15, 0.2) is 18.2 Å². The van der Waals surface area contributed by atoms with Crippen molar-refractivity contribution in [1.29, 1.82) is 0 Å². The molecule has 0 radical (unpaired) electrons. The van der Waals surface area contributed by atoms with Crippen molar-refractivity contribution >= 4 is 17.6 Å². The molecule has 1 unspecified atom stereocenters. The summed E-state index contributed by atoms with van der Waals surface area (Å²) >= 11 is 0. The second-order valence-electron chi connectivity index (χ2n) is 6.94. The molecule has 6 heteroatoms. The third-order valence-electron chi connectivity index (χ3n) is 3.85. The van der Waals surface area contributed by atoms with Crippen LogP contribution in [0.5, 0.6) is 0 Å². The van der Waals surface area contributed by atoms with Gasteiger partial charge in [0.15, 0.2) is 0 Å². The predicted octanol–water partition coefficient (Wildman–Crippen LogP) is 1.90. The quantitative estimate of drug-likeness (QED) is 0.852. The number of benzene rings is 1. The molecule has 0 aliphatic carbocycles. The molecule has 132 valence electrons. The molecule has 6 nitrogen and oxygen atoms in total. The fraction of sp³-hybridized carbons (Fsp3) is 0.556. The van der Waals surface area contributed by atoms with Gasteiger partial charge in [0, 0.05) is 25.3 Å². The summed E-state index contributed by atoms with van der Waals surface area (Å²) in [4.78, 5) is 26.3. The summed E-state index contributed by atoms with van der Waals surface area (Å²) in [6.45, 7) is 9.54. The van der Waals surface area contributed by atoms with E-state index in [2.05, 4.69) is 5.32 Å². The predicted molar refractivity (Wildman–Crippen MR) is 92.4 cm³/mol. The fourth-order valence-corrected chi connectivity index (χ4v) is 2.80. The highest BCUT2D eigenvalue weighted by atomic mass is 16.6. The number of carbonyl (C=O) groups excluding carboxylic acids is 2. The molecule has 1 aliphatic rings. The van der Waals surface area contributed by atoms with Crippen molar-refractivity contribution in [3.63, 3.8) is 0 Å². The Morgan fingerprint density at radius 3 is 2.58 bits per heavy atom. The van der Waals surface area contributed by atoms with Gasteiger partial charge >= 0.3 is 11.9 Å². The summed E-state index contributed by atoms with van der Waals surface area (Å²) in [7, 11) is 1.36. The molecule has 0 spiro atoms. The van der Waals surface area contributed by atoms with E-state index in [1.807, 2.05) is 38.7 Å². The van der Waals surface area contributed by atoms with Crippen molar-refractivity contribution in [1.82, 2.24) is 5.32 Å². The van der Waals surface area contributed by atoms with Crippen molar-refractivity contribution in [2.75, 3.05) is 31.6 Å². The van der Waals surface area contributed by atoms with E-state index < -0.39 is 5.60 Å². The van der Waals surface area contributed by atoms with Crippen LogP contribution in [0.3, 0.4) is 0 Å². The van der Waals surface area contributed by atoms with Crippen LogP contribution in [0.25, 0.3) is 0 Å². The number of hydrogen-bond acceptors (Lipinski definition) is 6. The first kappa shape index (κ1) is 18.3. The number of nitrogens with zero attached hydrogens (tertiary/aromatic N) is 1. The Bertz CT molecular complexity index is 622. The average Bonchev–Trinajstić information content (AvgIpc) is 2.52. The Labute approximate surface area is 143 Å². The maximum absolute atomic E-state index is 12.6. The number of methoxy groups -OCH3 is 1. The molecule has 1 N–H and O–H groups in total. The SMILES string of the molecule is COC(=O)c1ccc(N2CCNCC2C(=O)OC(C)(C)C)c(C)c1. The Hall–Kier alpha value is -2.08. The van der Waals surface area contributed by atoms with E-state index in [0.29, 0.717) is 18.7 Å². The summed E-state index contributed by atoms with van der Waals surface area (Å²) in [5, 5.41) is 3.24. The first-order valence-corrected chi connectivity index (χ1v) is 8.12. The highest BCUT2D eigenvalue weighted by Crippen LogP contribution is 2.25. The molecular formula is C18H26N2O4. The number of carbonyl (C=O) groups is 2. The maximum Gasteiger partial charge on any atom is 0.337 e. The Morgan fingerprint density at radius 1 is 1.29 bits per heavy atom. The van der Waals surface area contributed by atoms with E-state index in [1.54, 1.807) is 12.1 Å². The second-order valence-corrected chi connectivity index (χ2v) is 6.94. The summed E-state index contributed by atoms with van der Waals surface area (Å²) in [6, 6.07) is 4.99. The number of aryl methyl sites for hydroxylation is 1. The van der Waals surface area contributed by atoms with Gasteiger partial charge in [-0.15, -0.1) is 0 Å². The van der Waals surface area contributed by atoms with Crippen molar-refractivity contribution in [3.8, 4) is 0 Å². The standard InChI is InChI=1S/C18H26N2O4/c1-12-10-13(16(21)23-5)6-7-14(12)20-9-8-19-11-15(20)17(22)24-18(2,3)4/h6-7,10,15,19H,8-9,11H2,1-5H3.